The van der Waals surface area contributed by atoms with E-state index in [2.05, 4.69) is 10.3 Å². The number of benzene rings is 2. The number of pyridine rings is 1. The van der Waals surface area contributed by atoms with Gasteiger partial charge in [-0.05, 0) is 66.8 Å². The van der Waals surface area contributed by atoms with E-state index in [1.54, 1.807) is 19.2 Å². The summed E-state index contributed by atoms with van der Waals surface area (Å²) in [5.74, 6) is 0. The summed E-state index contributed by atoms with van der Waals surface area (Å²) in [6, 6.07) is 11.4. The fourth-order valence-electron chi connectivity index (χ4n) is 3.66. The first-order valence-corrected chi connectivity index (χ1v) is 10.0. The average Bonchev–Trinajstić information content (AvgIpc) is 2.77. The predicted octanol–water partition coefficient (Wildman–Crippen LogP) is 4.50. The fourth-order valence-corrected chi connectivity index (χ4v) is 3.91. The van der Waals surface area contributed by atoms with E-state index in [9.17, 15) is 14.4 Å². The molecule has 0 saturated heterocycles. The Morgan fingerprint density at radius 2 is 1.87 bits per heavy atom. The Bertz CT molecular complexity index is 1370. The van der Waals surface area contributed by atoms with Crippen LogP contribution in [0.15, 0.2) is 52.2 Å². The molecule has 30 heavy (non-hydrogen) atoms. The second kappa shape index (κ2) is 7.84. The number of carbonyl (C=O) groups excluding carboxylic acids is 1. The molecule has 6 heteroatoms. The van der Waals surface area contributed by atoms with Crippen molar-refractivity contribution in [3.63, 3.8) is 0 Å². The second-order valence-electron chi connectivity index (χ2n) is 7.28. The van der Waals surface area contributed by atoms with E-state index in [0.29, 0.717) is 33.9 Å². The Labute approximate surface area is 178 Å². The molecule has 0 amide bonds. The van der Waals surface area contributed by atoms with Crippen LogP contribution in [0.2, 0.25) is 5.02 Å². The fraction of sp³-hybridized carbons (Fsp3) is 0.167. The zero-order valence-corrected chi connectivity index (χ0v) is 17.3. The molecule has 1 heterocycles. The van der Waals surface area contributed by atoms with Crippen molar-refractivity contribution >= 4 is 40.2 Å². The van der Waals surface area contributed by atoms with Crippen LogP contribution in [0, 0.1) is 6.92 Å². The molecule has 4 aromatic rings. The van der Waals surface area contributed by atoms with Crippen molar-refractivity contribution in [2.75, 3.05) is 5.32 Å². The van der Waals surface area contributed by atoms with Crippen molar-refractivity contribution in [3.8, 4) is 0 Å². The van der Waals surface area contributed by atoms with Gasteiger partial charge in [0.1, 0.15) is 6.29 Å². The zero-order chi connectivity index (χ0) is 21.4. The van der Waals surface area contributed by atoms with Crippen LogP contribution in [0.1, 0.15) is 39.5 Å². The van der Waals surface area contributed by atoms with Gasteiger partial charge in [0.25, 0.3) is 0 Å². The maximum atomic E-state index is 11.7. The first-order chi connectivity index (χ1) is 14.4. The Kier molecular flexibility index (Phi) is 5.22. The highest BCUT2D eigenvalue weighted by Gasteiger charge is 2.17. The summed E-state index contributed by atoms with van der Waals surface area (Å²) >= 11 is 6.42. The summed E-state index contributed by atoms with van der Waals surface area (Å²) in [6.45, 7) is 3.63. The van der Waals surface area contributed by atoms with Gasteiger partial charge in [-0.15, -0.1) is 0 Å². The molecule has 0 radical (unpaired) electrons. The third kappa shape index (κ3) is 3.42. The minimum absolute atomic E-state index is 0.294. The SMILES string of the molecule is CCc1cc2nccc(Cc3ccc(Nc4c(C)c(=O)c4=O)c(Cl)c3)c2cc1C=O. The molecule has 0 atom stereocenters. The van der Waals surface area contributed by atoms with Crippen LogP contribution in [0.4, 0.5) is 11.4 Å². The molecule has 0 bridgehead atoms. The van der Waals surface area contributed by atoms with Gasteiger partial charge in [0.05, 0.1) is 21.9 Å². The molecule has 1 N–H and O–H groups in total. The second-order valence-corrected chi connectivity index (χ2v) is 7.69. The summed E-state index contributed by atoms with van der Waals surface area (Å²) in [5, 5.41) is 4.35. The molecule has 0 aliphatic rings. The van der Waals surface area contributed by atoms with E-state index in [1.807, 2.05) is 37.3 Å². The molecule has 0 fully saturated rings. The van der Waals surface area contributed by atoms with E-state index in [-0.39, 0.29) is 0 Å². The summed E-state index contributed by atoms with van der Waals surface area (Å²) < 4.78 is 0. The van der Waals surface area contributed by atoms with Gasteiger partial charge < -0.3 is 5.32 Å². The molecule has 0 spiro atoms. The van der Waals surface area contributed by atoms with Crippen molar-refractivity contribution in [2.24, 2.45) is 0 Å². The van der Waals surface area contributed by atoms with E-state index < -0.39 is 10.9 Å². The number of hydrogen-bond acceptors (Lipinski definition) is 5. The van der Waals surface area contributed by atoms with Gasteiger partial charge in [-0.3, -0.25) is 19.4 Å². The van der Waals surface area contributed by atoms with Gasteiger partial charge in [-0.2, -0.15) is 0 Å². The monoisotopic (exact) mass is 418 g/mol. The normalized spacial score (nSPS) is 11.2. The summed E-state index contributed by atoms with van der Waals surface area (Å²) in [5.41, 5.74) is 4.84. The Morgan fingerprint density at radius 3 is 2.53 bits per heavy atom. The van der Waals surface area contributed by atoms with Gasteiger partial charge in [0, 0.05) is 22.7 Å². The highest BCUT2D eigenvalue weighted by atomic mass is 35.5. The van der Waals surface area contributed by atoms with E-state index in [1.165, 1.54) is 0 Å². The number of nitrogens with one attached hydrogen (secondary N) is 1. The maximum Gasteiger partial charge on any atom is 0.249 e. The van der Waals surface area contributed by atoms with Gasteiger partial charge in [-0.25, -0.2) is 0 Å². The van der Waals surface area contributed by atoms with Crippen molar-refractivity contribution < 1.29 is 4.79 Å². The third-order valence-electron chi connectivity index (χ3n) is 5.44. The van der Waals surface area contributed by atoms with Crippen LogP contribution < -0.4 is 16.2 Å². The van der Waals surface area contributed by atoms with E-state index in [4.69, 9.17) is 11.6 Å². The topological polar surface area (TPSA) is 76.1 Å². The van der Waals surface area contributed by atoms with E-state index in [0.717, 1.165) is 40.3 Å². The molecule has 0 saturated carbocycles. The number of aldehydes is 1. The number of hydrogen-bond donors (Lipinski definition) is 1. The van der Waals surface area contributed by atoms with Gasteiger partial charge >= 0.3 is 0 Å². The van der Waals surface area contributed by atoms with E-state index >= 15 is 0 Å². The zero-order valence-electron chi connectivity index (χ0n) is 16.6. The van der Waals surface area contributed by atoms with Crippen LogP contribution in [0.5, 0.6) is 0 Å². The highest BCUT2D eigenvalue weighted by molar-refractivity contribution is 6.33. The molecule has 4 rings (SSSR count). The smallest absolute Gasteiger partial charge is 0.249 e. The molecule has 1 aromatic heterocycles. The van der Waals surface area contributed by atoms with Crippen molar-refractivity contribution in [3.05, 3.63) is 95.9 Å². The van der Waals surface area contributed by atoms with Crippen LogP contribution >= 0.6 is 11.6 Å². The average molecular weight is 419 g/mol. The first kappa shape index (κ1) is 20.0. The summed E-state index contributed by atoms with van der Waals surface area (Å²) in [6.07, 6.45) is 4.03. The Morgan fingerprint density at radius 1 is 1.07 bits per heavy atom. The maximum absolute atomic E-state index is 11.7. The molecule has 0 aliphatic heterocycles. The quantitative estimate of drug-likeness (QED) is 0.368. The number of aryl methyl sites for hydroxylation is 1. The van der Waals surface area contributed by atoms with Crippen LogP contribution in [0.3, 0.4) is 0 Å². The lowest BCUT2D eigenvalue weighted by molar-refractivity contribution is 0.112. The highest BCUT2D eigenvalue weighted by Crippen LogP contribution is 2.29. The number of nitrogens with zero attached hydrogens (tertiary/aromatic N) is 1. The molecule has 150 valence electrons. The molecular weight excluding hydrogens is 400 g/mol. The van der Waals surface area contributed by atoms with Crippen molar-refractivity contribution in [2.45, 2.75) is 26.7 Å². The molecule has 5 nitrogen and oxygen atoms in total. The number of fused-ring (bicyclic) bond motifs is 1. The van der Waals surface area contributed by atoms with Gasteiger partial charge in [0.15, 0.2) is 0 Å². The number of aromatic nitrogens is 1. The largest absolute Gasteiger partial charge is 0.351 e. The molecule has 3 aromatic carbocycles. The van der Waals surface area contributed by atoms with Gasteiger partial charge in [-0.1, -0.05) is 24.6 Å². The standard InChI is InChI=1S/C24H19ClN2O3/c1-3-15-11-21-18(10-17(15)12-28)16(6-7-26-21)8-14-4-5-20(19(25)9-14)27-22-13(2)23(29)24(22)30/h4-7,9-12,27H,3,8H2,1-2H3. The number of carbonyl (C=O) groups is 1. The van der Waals surface area contributed by atoms with Crippen molar-refractivity contribution in [1.29, 1.82) is 0 Å². The first-order valence-electron chi connectivity index (χ1n) is 9.64. The lowest BCUT2D eigenvalue weighted by Gasteiger charge is -2.13. The minimum atomic E-state index is -0.520. The van der Waals surface area contributed by atoms with Crippen LogP contribution in [0.25, 0.3) is 10.9 Å². The summed E-state index contributed by atoms with van der Waals surface area (Å²) in [7, 11) is 0. The minimum Gasteiger partial charge on any atom is -0.351 e. The van der Waals surface area contributed by atoms with Crippen LogP contribution in [-0.2, 0) is 12.8 Å². The lowest BCUT2D eigenvalue weighted by atomic mass is 9.96. The molecule has 0 aliphatic carbocycles. The number of rotatable bonds is 6. The van der Waals surface area contributed by atoms with Crippen LogP contribution in [-0.4, -0.2) is 11.3 Å². The Balaban J connectivity index is 1.65. The third-order valence-corrected chi connectivity index (χ3v) is 5.75. The molecule has 0 unspecified atom stereocenters. The predicted molar refractivity (Wildman–Crippen MR) is 120 cm³/mol. The van der Waals surface area contributed by atoms with Gasteiger partial charge in [0.2, 0.25) is 10.9 Å². The Hall–Kier alpha value is -3.31. The number of halogens is 1. The number of anilines is 2. The lowest BCUT2D eigenvalue weighted by Crippen LogP contribution is -2.36. The van der Waals surface area contributed by atoms with Crippen molar-refractivity contribution in [1.82, 2.24) is 4.98 Å². The summed E-state index contributed by atoms with van der Waals surface area (Å²) in [4.78, 5) is 39.0. The molecular formula is C24H19ClN2O3.